The molecule has 2 aromatic carbocycles. The Morgan fingerprint density at radius 1 is 1.25 bits per heavy atom. The summed E-state index contributed by atoms with van der Waals surface area (Å²) in [4.78, 5) is 14.5. The lowest BCUT2D eigenvalue weighted by Gasteiger charge is -1.97. The number of hydrogen-bond donors (Lipinski definition) is 0. The van der Waals surface area contributed by atoms with Crippen molar-refractivity contribution in [2.24, 2.45) is 0 Å². The minimum atomic E-state index is -0.455. The Bertz CT molecular complexity index is 920. The molecule has 120 valence electrons. The van der Waals surface area contributed by atoms with Crippen LogP contribution in [0.2, 0.25) is 0 Å². The average Bonchev–Trinajstić information content (AvgIpc) is 3.06. The molecule has 0 bridgehead atoms. The molecule has 0 saturated heterocycles. The largest absolute Gasteiger partial charge is 0.436 e. The molecule has 1 heterocycles. The molecule has 24 heavy (non-hydrogen) atoms. The lowest BCUT2D eigenvalue weighted by molar-refractivity contribution is -0.384. The quantitative estimate of drug-likeness (QED) is 0.450. The molecule has 0 fully saturated rings. The molecule has 0 saturated carbocycles. The number of aromatic nitrogens is 1. The van der Waals surface area contributed by atoms with E-state index < -0.39 is 4.92 Å². The zero-order valence-electron chi connectivity index (χ0n) is 12.1. The Hall–Kier alpha value is -2.80. The highest BCUT2D eigenvalue weighted by atomic mass is 79.9. The van der Waals surface area contributed by atoms with E-state index in [9.17, 15) is 14.5 Å². The van der Waals surface area contributed by atoms with Crippen molar-refractivity contribution in [3.8, 4) is 11.3 Å². The Labute approximate surface area is 144 Å². The van der Waals surface area contributed by atoms with Crippen molar-refractivity contribution in [3.05, 3.63) is 82.1 Å². The molecule has 5 nitrogen and oxygen atoms in total. The zero-order chi connectivity index (χ0) is 17.1. The second kappa shape index (κ2) is 6.76. The fourth-order valence-electron chi connectivity index (χ4n) is 2.07. The summed E-state index contributed by atoms with van der Waals surface area (Å²) in [5.41, 5.74) is 1.34. The average molecular weight is 389 g/mol. The van der Waals surface area contributed by atoms with Crippen molar-refractivity contribution in [1.82, 2.24) is 4.98 Å². The van der Waals surface area contributed by atoms with Gasteiger partial charge in [-0.05, 0) is 51.8 Å². The third kappa shape index (κ3) is 3.57. The number of nitro benzene ring substituents is 1. The van der Waals surface area contributed by atoms with Crippen LogP contribution in [0.1, 0.15) is 11.5 Å². The standard InChI is InChI=1S/C17H10BrFN2O3/c18-15(9-11-2-1-3-14(8-11)21(22)23)17-20-10-16(24-17)12-4-6-13(19)7-5-12/h1-10H/b15-9-. The third-order valence-electron chi connectivity index (χ3n) is 3.21. The van der Waals surface area contributed by atoms with E-state index in [1.807, 2.05) is 0 Å². The van der Waals surface area contributed by atoms with Gasteiger partial charge in [-0.1, -0.05) is 12.1 Å². The van der Waals surface area contributed by atoms with Gasteiger partial charge in [0.05, 0.1) is 15.6 Å². The van der Waals surface area contributed by atoms with Crippen molar-refractivity contribution in [3.63, 3.8) is 0 Å². The summed E-state index contributed by atoms with van der Waals surface area (Å²) in [5.74, 6) is 0.487. The SMILES string of the molecule is O=[N+]([O-])c1cccc(/C=C(\Br)c2ncc(-c3ccc(F)cc3)o2)c1. The van der Waals surface area contributed by atoms with Crippen LogP contribution in [0.25, 0.3) is 21.9 Å². The van der Waals surface area contributed by atoms with Crippen LogP contribution >= 0.6 is 15.9 Å². The van der Waals surface area contributed by atoms with Gasteiger partial charge in [0.25, 0.3) is 5.69 Å². The van der Waals surface area contributed by atoms with Gasteiger partial charge in [0.2, 0.25) is 5.89 Å². The van der Waals surface area contributed by atoms with Crippen molar-refractivity contribution in [1.29, 1.82) is 0 Å². The zero-order valence-corrected chi connectivity index (χ0v) is 13.7. The fraction of sp³-hybridized carbons (Fsp3) is 0. The maximum atomic E-state index is 13.0. The monoisotopic (exact) mass is 388 g/mol. The summed E-state index contributed by atoms with van der Waals surface area (Å²) in [6, 6.07) is 12.1. The number of oxazole rings is 1. The molecule has 0 atom stereocenters. The van der Waals surface area contributed by atoms with E-state index in [-0.39, 0.29) is 11.5 Å². The maximum absolute atomic E-state index is 13.0. The van der Waals surface area contributed by atoms with Gasteiger partial charge in [0, 0.05) is 17.7 Å². The molecule has 7 heteroatoms. The van der Waals surface area contributed by atoms with Crippen LogP contribution < -0.4 is 0 Å². The van der Waals surface area contributed by atoms with Gasteiger partial charge < -0.3 is 4.42 Å². The van der Waals surface area contributed by atoms with E-state index >= 15 is 0 Å². The van der Waals surface area contributed by atoms with Gasteiger partial charge in [0.15, 0.2) is 5.76 Å². The second-order valence-electron chi connectivity index (χ2n) is 4.88. The van der Waals surface area contributed by atoms with Gasteiger partial charge >= 0.3 is 0 Å². The van der Waals surface area contributed by atoms with Gasteiger partial charge in [0.1, 0.15) is 5.82 Å². The van der Waals surface area contributed by atoms with Crippen molar-refractivity contribution in [2.75, 3.05) is 0 Å². The van der Waals surface area contributed by atoms with E-state index in [4.69, 9.17) is 4.42 Å². The van der Waals surface area contributed by atoms with E-state index in [0.29, 0.717) is 27.3 Å². The molecule has 0 aliphatic heterocycles. The van der Waals surface area contributed by atoms with Crippen molar-refractivity contribution < 1.29 is 13.7 Å². The first-order valence-corrected chi connectivity index (χ1v) is 7.66. The summed E-state index contributed by atoms with van der Waals surface area (Å²) in [7, 11) is 0. The molecule has 3 aromatic rings. The minimum absolute atomic E-state index is 0.00320. The first-order chi connectivity index (χ1) is 11.5. The molecule has 0 spiro atoms. The van der Waals surface area contributed by atoms with Crippen LogP contribution in [0.15, 0.2) is 59.1 Å². The fourth-order valence-corrected chi connectivity index (χ4v) is 2.52. The van der Waals surface area contributed by atoms with E-state index in [2.05, 4.69) is 20.9 Å². The van der Waals surface area contributed by atoms with Crippen LogP contribution in [-0.2, 0) is 0 Å². The Balaban J connectivity index is 1.88. The van der Waals surface area contributed by atoms with Crippen molar-refractivity contribution >= 4 is 32.2 Å². The third-order valence-corrected chi connectivity index (χ3v) is 3.78. The summed E-state index contributed by atoms with van der Waals surface area (Å²) < 4.78 is 19.1. The highest BCUT2D eigenvalue weighted by Gasteiger charge is 2.10. The van der Waals surface area contributed by atoms with Crippen LogP contribution in [-0.4, -0.2) is 9.91 Å². The maximum Gasteiger partial charge on any atom is 0.270 e. The van der Waals surface area contributed by atoms with E-state index in [1.54, 1.807) is 30.3 Å². The summed E-state index contributed by atoms with van der Waals surface area (Å²) in [6.45, 7) is 0. The molecular weight excluding hydrogens is 379 g/mol. The predicted molar refractivity (Wildman–Crippen MR) is 91.8 cm³/mol. The van der Waals surface area contributed by atoms with Crippen LogP contribution in [0.4, 0.5) is 10.1 Å². The number of hydrogen-bond acceptors (Lipinski definition) is 4. The molecule has 1 aromatic heterocycles. The first kappa shape index (κ1) is 16.1. The first-order valence-electron chi connectivity index (χ1n) is 6.87. The summed E-state index contributed by atoms with van der Waals surface area (Å²) in [6.07, 6.45) is 3.21. The number of non-ortho nitro benzene ring substituents is 1. The molecule has 0 aliphatic rings. The molecule has 0 radical (unpaired) electrons. The van der Waals surface area contributed by atoms with Crippen LogP contribution in [0.5, 0.6) is 0 Å². The number of nitro groups is 1. The molecule has 0 aliphatic carbocycles. The lowest BCUT2D eigenvalue weighted by atomic mass is 10.2. The molecule has 3 rings (SSSR count). The van der Waals surface area contributed by atoms with Gasteiger partial charge in [-0.25, -0.2) is 9.37 Å². The van der Waals surface area contributed by atoms with Crippen molar-refractivity contribution in [2.45, 2.75) is 0 Å². The number of benzene rings is 2. The Morgan fingerprint density at radius 2 is 2.00 bits per heavy atom. The lowest BCUT2D eigenvalue weighted by Crippen LogP contribution is -1.87. The minimum Gasteiger partial charge on any atom is -0.436 e. The second-order valence-corrected chi connectivity index (χ2v) is 5.74. The van der Waals surface area contributed by atoms with Crippen LogP contribution in [0, 0.1) is 15.9 Å². The molecule has 0 unspecified atom stereocenters. The van der Waals surface area contributed by atoms with Gasteiger partial charge in [-0.3, -0.25) is 10.1 Å². The number of nitrogens with zero attached hydrogens (tertiary/aromatic N) is 2. The van der Waals surface area contributed by atoms with Crippen LogP contribution in [0.3, 0.4) is 0 Å². The van der Waals surface area contributed by atoms with E-state index in [0.717, 1.165) is 0 Å². The Kier molecular flexibility index (Phi) is 4.52. The topological polar surface area (TPSA) is 69.2 Å². The van der Waals surface area contributed by atoms with E-state index in [1.165, 1.54) is 30.5 Å². The van der Waals surface area contributed by atoms with Gasteiger partial charge in [-0.2, -0.15) is 0 Å². The molecular formula is C17H10BrFN2O3. The Morgan fingerprint density at radius 3 is 2.71 bits per heavy atom. The smallest absolute Gasteiger partial charge is 0.270 e. The number of rotatable bonds is 4. The molecule has 0 N–H and O–H groups in total. The summed E-state index contributed by atoms with van der Waals surface area (Å²) >= 11 is 3.36. The normalized spacial score (nSPS) is 11.5. The highest BCUT2D eigenvalue weighted by molar-refractivity contribution is 9.15. The summed E-state index contributed by atoms with van der Waals surface area (Å²) in [5, 5.41) is 10.8. The van der Waals surface area contributed by atoms with Gasteiger partial charge in [-0.15, -0.1) is 0 Å². The molecule has 0 amide bonds. The number of halogens is 2. The highest BCUT2D eigenvalue weighted by Crippen LogP contribution is 2.28. The predicted octanol–water partition coefficient (Wildman–Crippen LogP) is 5.28.